The van der Waals surface area contributed by atoms with Gasteiger partial charge in [0.25, 0.3) is 5.91 Å². The largest absolute Gasteiger partial charge is 0.366 e. The quantitative estimate of drug-likeness (QED) is 0.526. The molecule has 2 fully saturated rings. The van der Waals surface area contributed by atoms with Crippen LogP contribution in [0.15, 0.2) is 48.7 Å². The minimum Gasteiger partial charge on any atom is -0.366 e. The number of primary amides is 1. The molecule has 3 aromatic rings. The standard InChI is InChI=1S/C25H21Cl2FN4O2/c1-31(25(34)22-18(27)3-2-4-19(22)28)24-21(32-8-7-13-10-20(13)32)11-15(12-30-24)16-9-14(23(29)33)5-6-17(16)26/h2-6,9,11-13,20H,7-8,10H2,1H3,(H2,29,33). The van der Waals surface area contributed by atoms with Crippen molar-refractivity contribution in [3.63, 3.8) is 0 Å². The molecule has 0 radical (unpaired) electrons. The summed E-state index contributed by atoms with van der Waals surface area (Å²) in [6.45, 7) is 0.824. The van der Waals surface area contributed by atoms with E-state index in [1.807, 2.05) is 6.07 Å². The number of nitrogens with two attached hydrogens (primary N) is 1. The van der Waals surface area contributed by atoms with Crippen molar-refractivity contribution >= 4 is 46.5 Å². The third kappa shape index (κ3) is 3.89. The van der Waals surface area contributed by atoms with Gasteiger partial charge in [0.15, 0.2) is 5.82 Å². The lowest BCUT2D eigenvalue weighted by atomic mass is 10.0. The summed E-state index contributed by atoms with van der Waals surface area (Å²) in [4.78, 5) is 33.1. The van der Waals surface area contributed by atoms with Crippen molar-refractivity contribution in [2.45, 2.75) is 18.9 Å². The van der Waals surface area contributed by atoms with Crippen molar-refractivity contribution in [2.75, 3.05) is 23.4 Å². The molecule has 1 aliphatic carbocycles. The number of aromatic nitrogens is 1. The summed E-state index contributed by atoms with van der Waals surface area (Å²) >= 11 is 12.6. The van der Waals surface area contributed by atoms with E-state index >= 15 is 0 Å². The van der Waals surface area contributed by atoms with Crippen molar-refractivity contribution in [1.82, 2.24) is 4.98 Å². The van der Waals surface area contributed by atoms with Crippen LogP contribution in [0.2, 0.25) is 10.0 Å². The highest BCUT2D eigenvalue weighted by Gasteiger charge is 2.48. The SMILES string of the molecule is CN(C(=O)c1c(F)cccc1Cl)c1ncc(-c2cc(C(N)=O)ccc2Cl)cc1N1CCC2CC21. The minimum atomic E-state index is -0.694. The number of anilines is 2. The lowest BCUT2D eigenvalue weighted by molar-refractivity contribution is 0.0984. The van der Waals surface area contributed by atoms with Gasteiger partial charge in [-0.05, 0) is 55.2 Å². The molecule has 2 unspecified atom stereocenters. The average molecular weight is 499 g/mol. The second-order valence-corrected chi connectivity index (χ2v) is 9.45. The highest BCUT2D eigenvalue weighted by molar-refractivity contribution is 6.34. The summed E-state index contributed by atoms with van der Waals surface area (Å²) in [5, 5.41) is 0.479. The summed E-state index contributed by atoms with van der Waals surface area (Å²) in [6.07, 6.45) is 3.72. The molecule has 2 amide bonds. The Morgan fingerprint density at radius 3 is 2.62 bits per heavy atom. The summed E-state index contributed by atoms with van der Waals surface area (Å²) in [6, 6.07) is 11.2. The third-order valence-electron chi connectivity index (χ3n) is 6.54. The van der Waals surface area contributed by atoms with Gasteiger partial charge in [0, 0.05) is 47.5 Å². The highest BCUT2D eigenvalue weighted by Crippen LogP contribution is 2.49. The summed E-state index contributed by atoms with van der Waals surface area (Å²) < 4.78 is 14.5. The highest BCUT2D eigenvalue weighted by atomic mass is 35.5. The van der Waals surface area contributed by atoms with Crippen molar-refractivity contribution in [3.8, 4) is 11.1 Å². The van der Waals surface area contributed by atoms with Gasteiger partial charge in [0.1, 0.15) is 5.82 Å². The van der Waals surface area contributed by atoms with Crippen LogP contribution < -0.4 is 15.5 Å². The molecule has 34 heavy (non-hydrogen) atoms. The van der Waals surface area contributed by atoms with E-state index < -0.39 is 17.6 Å². The van der Waals surface area contributed by atoms with Crippen LogP contribution in [-0.2, 0) is 0 Å². The fraction of sp³-hybridized carbons (Fsp3) is 0.240. The molecule has 0 bridgehead atoms. The molecule has 5 rings (SSSR count). The predicted octanol–water partition coefficient (Wildman–Crippen LogP) is 5.17. The monoisotopic (exact) mass is 498 g/mol. The molecule has 2 aromatic carbocycles. The number of benzene rings is 2. The third-order valence-corrected chi connectivity index (χ3v) is 7.19. The van der Waals surface area contributed by atoms with E-state index in [9.17, 15) is 14.0 Å². The Hall–Kier alpha value is -3.16. The molecule has 1 saturated carbocycles. The van der Waals surface area contributed by atoms with E-state index in [1.54, 1.807) is 31.4 Å². The first-order valence-corrected chi connectivity index (χ1v) is 11.6. The van der Waals surface area contributed by atoms with Gasteiger partial charge in [-0.25, -0.2) is 9.37 Å². The Morgan fingerprint density at radius 2 is 1.97 bits per heavy atom. The first-order chi connectivity index (χ1) is 16.3. The zero-order valence-corrected chi connectivity index (χ0v) is 19.8. The Balaban J connectivity index is 1.60. The maximum absolute atomic E-state index is 14.5. The normalized spacial score (nSPS) is 18.5. The average Bonchev–Trinajstić information content (AvgIpc) is 3.47. The Morgan fingerprint density at radius 1 is 1.18 bits per heavy atom. The van der Waals surface area contributed by atoms with Crippen LogP contribution in [0.3, 0.4) is 0 Å². The molecule has 9 heteroatoms. The van der Waals surface area contributed by atoms with Crippen molar-refractivity contribution in [3.05, 3.63) is 75.7 Å². The first kappa shape index (κ1) is 22.6. The molecule has 2 atom stereocenters. The number of carbonyl (C=O) groups is 2. The Labute approximate surface area is 206 Å². The fourth-order valence-electron chi connectivity index (χ4n) is 4.62. The van der Waals surface area contributed by atoms with Crippen LogP contribution in [0.25, 0.3) is 11.1 Å². The van der Waals surface area contributed by atoms with Crippen LogP contribution >= 0.6 is 23.2 Å². The van der Waals surface area contributed by atoms with Gasteiger partial charge in [-0.1, -0.05) is 29.3 Å². The predicted molar refractivity (Wildman–Crippen MR) is 131 cm³/mol. The Bertz CT molecular complexity index is 1310. The molecule has 2 N–H and O–H groups in total. The zero-order valence-electron chi connectivity index (χ0n) is 18.3. The van der Waals surface area contributed by atoms with Crippen molar-refractivity contribution < 1.29 is 14.0 Å². The van der Waals surface area contributed by atoms with E-state index in [-0.39, 0.29) is 10.6 Å². The second kappa shape index (κ2) is 8.56. The molecule has 1 aromatic heterocycles. The molecule has 1 aliphatic heterocycles. The molecule has 6 nitrogen and oxygen atoms in total. The zero-order chi connectivity index (χ0) is 24.1. The van der Waals surface area contributed by atoms with Gasteiger partial charge in [-0.2, -0.15) is 0 Å². The lowest BCUT2D eigenvalue weighted by Gasteiger charge is -2.28. The second-order valence-electron chi connectivity index (χ2n) is 8.63. The number of hydrogen-bond donors (Lipinski definition) is 1. The lowest BCUT2D eigenvalue weighted by Crippen LogP contribution is -2.32. The Kier molecular flexibility index (Phi) is 5.70. The maximum atomic E-state index is 14.5. The summed E-state index contributed by atoms with van der Waals surface area (Å²) in [7, 11) is 1.55. The number of piperidine rings is 1. The van der Waals surface area contributed by atoms with Crippen molar-refractivity contribution in [1.29, 1.82) is 0 Å². The molecular formula is C25H21Cl2FN4O2. The van der Waals surface area contributed by atoms with Gasteiger partial charge < -0.3 is 10.6 Å². The van der Waals surface area contributed by atoms with Gasteiger partial charge in [0.05, 0.1) is 16.3 Å². The molecule has 2 aliphatic rings. The van der Waals surface area contributed by atoms with E-state index in [2.05, 4.69) is 9.88 Å². The van der Waals surface area contributed by atoms with Crippen LogP contribution in [0.4, 0.5) is 15.9 Å². The topological polar surface area (TPSA) is 79.5 Å². The maximum Gasteiger partial charge on any atom is 0.263 e. The van der Waals surface area contributed by atoms with E-state index in [0.717, 1.165) is 25.1 Å². The number of hydrogen-bond acceptors (Lipinski definition) is 4. The van der Waals surface area contributed by atoms with Crippen LogP contribution in [0, 0.1) is 11.7 Å². The van der Waals surface area contributed by atoms with E-state index in [4.69, 9.17) is 28.9 Å². The van der Waals surface area contributed by atoms with Crippen LogP contribution in [0.1, 0.15) is 33.6 Å². The fourth-order valence-corrected chi connectivity index (χ4v) is 5.09. The van der Waals surface area contributed by atoms with Crippen molar-refractivity contribution in [2.24, 2.45) is 11.7 Å². The molecule has 0 spiro atoms. The number of rotatable bonds is 5. The number of carbonyl (C=O) groups excluding carboxylic acids is 2. The smallest absolute Gasteiger partial charge is 0.263 e. The van der Waals surface area contributed by atoms with Crippen LogP contribution in [-0.4, -0.2) is 36.4 Å². The number of pyridine rings is 1. The summed E-state index contributed by atoms with van der Waals surface area (Å²) in [5.41, 5.74) is 7.61. The minimum absolute atomic E-state index is 0.0356. The molecule has 1 saturated heterocycles. The molecule has 2 heterocycles. The van der Waals surface area contributed by atoms with E-state index in [1.165, 1.54) is 23.1 Å². The van der Waals surface area contributed by atoms with Gasteiger partial charge >= 0.3 is 0 Å². The van der Waals surface area contributed by atoms with Gasteiger partial charge in [0.2, 0.25) is 5.91 Å². The van der Waals surface area contributed by atoms with Gasteiger partial charge in [-0.3, -0.25) is 14.5 Å². The molecule has 174 valence electrons. The number of amides is 2. The van der Waals surface area contributed by atoms with E-state index in [0.29, 0.717) is 39.5 Å². The summed E-state index contributed by atoms with van der Waals surface area (Å²) in [5.74, 6) is -0.829. The number of nitrogens with zero attached hydrogens (tertiary/aromatic N) is 3. The molecular weight excluding hydrogens is 478 g/mol. The first-order valence-electron chi connectivity index (χ1n) is 10.8. The number of fused-ring (bicyclic) bond motifs is 1. The number of halogens is 3. The van der Waals surface area contributed by atoms with Crippen LogP contribution in [0.5, 0.6) is 0 Å². The van der Waals surface area contributed by atoms with Gasteiger partial charge in [-0.15, -0.1) is 0 Å².